The number of piperazine rings is 1. The zero-order chi connectivity index (χ0) is 15.6. The SMILES string of the molecule is N#Cc1cc(F)c(O)c([C@H](N2CCNCC2)C(F)(F)F)c1. The minimum Gasteiger partial charge on any atom is -0.505 e. The van der Waals surface area contributed by atoms with Crippen LogP contribution in [0.5, 0.6) is 5.75 Å². The van der Waals surface area contributed by atoms with Crippen molar-refractivity contribution in [3.05, 3.63) is 29.1 Å². The smallest absolute Gasteiger partial charge is 0.408 e. The lowest BCUT2D eigenvalue weighted by Gasteiger charge is -2.36. The van der Waals surface area contributed by atoms with Gasteiger partial charge in [-0.1, -0.05) is 0 Å². The molecule has 0 aromatic heterocycles. The Labute approximate surface area is 118 Å². The molecule has 1 atom stereocenters. The van der Waals surface area contributed by atoms with Crippen LogP contribution in [0.25, 0.3) is 0 Å². The van der Waals surface area contributed by atoms with Crippen LogP contribution in [0, 0.1) is 17.1 Å². The number of aromatic hydroxyl groups is 1. The maximum atomic E-state index is 13.5. The van der Waals surface area contributed by atoms with Crippen molar-refractivity contribution in [3.63, 3.8) is 0 Å². The van der Waals surface area contributed by atoms with Gasteiger partial charge >= 0.3 is 6.18 Å². The molecule has 0 unspecified atom stereocenters. The summed E-state index contributed by atoms with van der Waals surface area (Å²) in [5, 5.41) is 21.3. The molecule has 0 bridgehead atoms. The molecule has 1 aliphatic heterocycles. The maximum absolute atomic E-state index is 13.5. The van der Waals surface area contributed by atoms with Gasteiger partial charge in [-0.3, -0.25) is 4.90 Å². The van der Waals surface area contributed by atoms with Gasteiger partial charge in [0, 0.05) is 31.7 Å². The van der Waals surface area contributed by atoms with E-state index in [9.17, 15) is 22.7 Å². The lowest BCUT2D eigenvalue weighted by atomic mass is 10.00. The van der Waals surface area contributed by atoms with E-state index in [4.69, 9.17) is 5.26 Å². The minimum atomic E-state index is -4.69. The van der Waals surface area contributed by atoms with Crippen molar-refractivity contribution in [2.45, 2.75) is 12.2 Å². The lowest BCUT2D eigenvalue weighted by molar-refractivity contribution is -0.188. The van der Waals surface area contributed by atoms with Gasteiger partial charge in [0.25, 0.3) is 0 Å². The van der Waals surface area contributed by atoms with E-state index in [2.05, 4.69) is 5.32 Å². The molecule has 4 nitrogen and oxygen atoms in total. The highest BCUT2D eigenvalue weighted by molar-refractivity contribution is 5.44. The zero-order valence-electron chi connectivity index (χ0n) is 10.9. The highest BCUT2D eigenvalue weighted by atomic mass is 19.4. The fourth-order valence-corrected chi connectivity index (χ4v) is 2.41. The van der Waals surface area contributed by atoms with Gasteiger partial charge in [-0.15, -0.1) is 0 Å². The van der Waals surface area contributed by atoms with E-state index in [1.165, 1.54) is 0 Å². The van der Waals surface area contributed by atoms with E-state index in [1.54, 1.807) is 6.07 Å². The van der Waals surface area contributed by atoms with Crippen molar-refractivity contribution in [3.8, 4) is 11.8 Å². The number of hydrogen-bond donors (Lipinski definition) is 2. The van der Waals surface area contributed by atoms with Gasteiger partial charge in [0.1, 0.15) is 6.04 Å². The highest BCUT2D eigenvalue weighted by Crippen LogP contribution is 2.42. The minimum absolute atomic E-state index is 0.113. The summed E-state index contributed by atoms with van der Waals surface area (Å²) >= 11 is 0. The van der Waals surface area contributed by atoms with Crippen LogP contribution < -0.4 is 5.32 Å². The van der Waals surface area contributed by atoms with E-state index >= 15 is 0 Å². The zero-order valence-corrected chi connectivity index (χ0v) is 10.9. The Bertz CT molecular complexity index is 562. The number of rotatable bonds is 2. The van der Waals surface area contributed by atoms with E-state index < -0.39 is 29.3 Å². The Hall–Kier alpha value is -1.85. The number of nitrogens with zero attached hydrogens (tertiary/aromatic N) is 2. The standard InChI is InChI=1S/C13H13F4N3O/c14-10-6-8(7-18)5-9(11(10)21)12(13(15,16)17)20-3-1-19-2-4-20/h5-6,12,19,21H,1-4H2/t12-/m0/s1. The second-order valence-corrected chi connectivity index (χ2v) is 4.74. The Morgan fingerprint density at radius 2 is 1.90 bits per heavy atom. The average molecular weight is 303 g/mol. The molecular weight excluding hydrogens is 290 g/mol. The van der Waals surface area contributed by atoms with Crippen molar-refractivity contribution in [2.75, 3.05) is 26.2 Å². The molecule has 1 heterocycles. The number of benzene rings is 1. The molecule has 1 saturated heterocycles. The number of phenolic OH excluding ortho intramolecular Hbond substituents is 1. The van der Waals surface area contributed by atoms with Gasteiger partial charge in [0.15, 0.2) is 11.6 Å². The normalized spacial score (nSPS) is 18.2. The fourth-order valence-electron chi connectivity index (χ4n) is 2.41. The maximum Gasteiger partial charge on any atom is 0.408 e. The Balaban J connectivity index is 2.51. The van der Waals surface area contributed by atoms with Crippen LogP contribution in [0.1, 0.15) is 17.2 Å². The summed E-state index contributed by atoms with van der Waals surface area (Å²) < 4.78 is 53.6. The van der Waals surface area contributed by atoms with E-state index in [0.717, 1.165) is 11.0 Å². The third kappa shape index (κ3) is 3.25. The molecule has 0 saturated carbocycles. The van der Waals surface area contributed by atoms with Crippen molar-refractivity contribution in [1.29, 1.82) is 5.26 Å². The van der Waals surface area contributed by atoms with Crippen molar-refractivity contribution < 1.29 is 22.7 Å². The lowest BCUT2D eigenvalue weighted by Crippen LogP contribution is -2.49. The third-order valence-corrected chi connectivity index (χ3v) is 3.34. The van der Waals surface area contributed by atoms with Crippen LogP contribution in [0.2, 0.25) is 0 Å². The highest BCUT2D eigenvalue weighted by Gasteiger charge is 2.46. The molecule has 0 radical (unpaired) electrons. The Morgan fingerprint density at radius 1 is 1.29 bits per heavy atom. The number of phenols is 1. The molecule has 2 N–H and O–H groups in total. The summed E-state index contributed by atoms with van der Waals surface area (Å²) in [6.07, 6.45) is -4.69. The Kier molecular flexibility index (Phi) is 4.34. The van der Waals surface area contributed by atoms with E-state index in [0.29, 0.717) is 19.2 Å². The second-order valence-electron chi connectivity index (χ2n) is 4.74. The van der Waals surface area contributed by atoms with E-state index in [1.807, 2.05) is 0 Å². The first-order chi connectivity index (χ1) is 9.84. The molecule has 1 aliphatic rings. The average Bonchev–Trinajstić information content (AvgIpc) is 2.43. The first-order valence-electron chi connectivity index (χ1n) is 6.28. The van der Waals surface area contributed by atoms with Crippen LogP contribution in [-0.2, 0) is 0 Å². The quantitative estimate of drug-likeness (QED) is 0.820. The second kappa shape index (κ2) is 5.87. The van der Waals surface area contributed by atoms with Gasteiger partial charge in [-0.25, -0.2) is 4.39 Å². The van der Waals surface area contributed by atoms with Gasteiger partial charge in [-0.2, -0.15) is 18.4 Å². The molecule has 1 fully saturated rings. The fraction of sp³-hybridized carbons (Fsp3) is 0.462. The number of nitrogens with one attached hydrogen (secondary N) is 1. The summed E-state index contributed by atoms with van der Waals surface area (Å²) in [7, 11) is 0. The van der Waals surface area contributed by atoms with Crippen molar-refractivity contribution in [2.24, 2.45) is 0 Å². The molecule has 0 aliphatic carbocycles. The summed E-state index contributed by atoms with van der Waals surface area (Å²) in [6.45, 7) is 0.964. The van der Waals surface area contributed by atoms with Gasteiger partial charge in [0.2, 0.25) is 0 Å². The predicted molar refractivity (Wildman–Crippen MR) is 66.0 cm³/mol. The van der Waals surface area contributed by atoms with Crippen LogP contribution in [0.15, 0.2) is 12.1 Å². The molecule has 2 rings (SSSR count). The number of alkyl halides is 3. The molecular formula is C13H13F4N3O. The molecule has 0 spiro atoms. The molecule has 8 heteroatoms. The van der Waals surface area contributed by atoms with E-state index in [-0.39, 0.29) is 18.7 Å². The molecule has 0 amide bonds. The van der Waals surface area contributed by atoms with Gasteiger partial charge in [0.05, 0.1) is 11.6 Å². The van der Waals surface area contributed by atoms with Crippen LogP contribution in [0.3, 0.4) is 0 Å². The molecule has 21 heavy (non-hydrogen) atoms. The predicted octanol–water partition coefficient (Wildman–Crippen LogP) is 1.91. The van der Waals surface area contributed by atoms with Crippen molar-refractivity contribution >= 4 is 0 Å². The number of hydrogen-bond acceptors (Lipinski definition) is 4. The molecule has 1 aromatic rings. The van der Waals surface area contributed by atoms with Crippen LogP contribution >= 0.6 is 0 Å². The summed E-state index contributed by atoms with van der Waals surface area (Å²) in [4.78, 5) is 1.12. The van der Waals surface area contributed by atoms with Crippen LogP contribution in [-0.4, -0.2) is 42.4 Å². The third-order valence-electron chi connectivity index (χ3n) is 3.34. The van der Waals surface area contributed by atoms with Crippen LogP contribution in [0.4, 0.5) is 17.6 Å². The van der Waals surface area contributed by atoms with Gasteiger partial charge in [-0.05, 0) is 12.1 Å². The summed E-state index contributed by atoms with van der Waals surface area (Å²) in [5.41, 5.74) is -0.884. The topological polar surface area (TPSA) is 59.3 Å². The molecule has 114 valence electrons. The first-order valence-corrected chi connectivity index (χ1v) is 6.28. The Morgan fingerprint density at radius 3 is 2.43 bits per heavy atom. The van der Waals surface area contributed by atoms with Crippen molar-refractivity contribution in [1.82, 2.24) is 10.2 Å². The monoisotopic (exact) mass is 303 g/mol. The largest absolute Gasteiger partial charge is 0.505 e. The number of halogens is 4. The van der Waals surface area contributed by atoms with Gasteiger partial charge < -0.3 is 10.4 Å². The summed E-state index contributed by atoms with van der Waals surface area (Å²) in [5.74, 6) is -2.29. The number of nitriles is 1. The first kappa shape index (κ1) is 15.5. The molecule has 1 aromatic carbocycles. The summed E-state index contributed by atoms with van der Waals surface area (Å²) in [6, 6.07) is 1.06.